The molecule has 11 heteroatoms. The molecule has 0 radical (unpaired) electrons. The summed E-state index contributed by atoms with van der Waals surface area (Å²) in [6, 6.07) is 8.95. The van der Waals surface area contributed by atoms with E-state index in [4.69, 9.17) is 10.7 Å². The summed E-state index contributed by atoms with van der Waals surface area (Å²) in [4.78, 5) is 19.4. The van der Waals surface area contributed by atoms with Crippen LogP contribution in [-0.4, -0.2) is 77.3 Å². The minimum atomic E-state index is -0.218. The molecule has 3 heterocycles. The van der Waals surface area contributed by atoms with Crippen molar-refractivity contribution in [2.24, 2.45) is 57.1 Å². The maximum absolute atomic E-state index is 14.6. The monoisotopic (exact) mass is 730 g/mol. The Morgan fingerprint density at radius 1 is 1.10 bits per heavy atom. The zero-order valence-electron chi connectivity index (χ0n) is 28.5. The van der Waals surface area contributed by atoms with Crippen molar-refractivity contribution in [3.63, 3.8) is 0 Å². The minimum absolute atomic E-state index is 0.0196. The number of hydrogen-bond donors (Lipinski definition) is 5. The number of aliphatic imine (C=N–C) groups is 1. The zero-order valence-corrected chi connectivity index (χ0v) is 31.8. The van der Waals surface area contributed by atoms with E-state index in [0.29, 0.717) is 42.5 Å². The zero-order chi connectivity index (χ0) is 33.5. The largest absolute Gasteiger partial charge is 0.396 e. The fourth-order valence-corrected chi connectivity index (χ4v) is 16.9. The number of nitrogens with two attached hydrogens (primary N) is 1. The lowest BCUT2D eigenvalue weighted by molar-refractivity contribution is -0.129. The molecule has 0 aromatic heterocycles. The molecule has 3 aliphatic heterocycles. The van der Waals surface area contributed by atoms with E-state index in [-0.39, 0.29) is 47.3 Å². The number of aliphatic hydroxyl groups is 2. The first-order valence-corrected chi connectivity index (χ1v) is 23.0. The molecule has 3 aliphatic carbocycles. The number of hydrogen-bond acceptors (Lipinski definition) is 11. The summed E-state index contributed by atoms with van der Waals surface area (Å²) < 4.78 is 0. The SMILES string of the molecule is CNCc1cccc(CC2CN=C(N)NC23CCC2CSSCC(CCO)C4C(CO)CC5CC6=C2C(=O)CC64C5(C)CCSSC3)c1. The van der Waals surface area contributed by atoms with Crippen molar-refractivity contribution < 1.29 is 15.0 Å². The number of Topliss-reactive ketones (excluding diaryl/α,β-unsaturated/α-hetero) is 1. The summed E-state index contributed by atoms with van der Waals surface area (Å²) in [6.45, 7) is 4.43. The number of benzene rings is 1. The van der Waals surface area contributed by atoms with E-state index in [1.54, 1.807) is 0 Å². The van der Waals surface area contributed by atoms with Gasteiger partial charge >= 0.3 is 0 Å². The van der Waals surface area contributed by atoms with E-state index in [1.165, 1.54) is 16.7 Å². The van der Waals surface area contributed by atoms with E-state index in [0.717, 1.165) is 80.1 Å². The summed E-state index contributed by atoms with van der Waals surface area (Å²) in [5.41, 5.74) is 11.4. The molecule has 7 nitrogen and oxygen atoms in total. The number of allylic oxidation sites excluding steroid dienone is 2. The highest BCUT2D eigenvalue weighted by Crippen LogP contribution is 2.76. The van der Waals surface area contributed by atoms with Gasteiger partial charge < -0.3 is 26.6 Å². The van der Waals surface area contributed by atoms with Gasteiger partial charge in [-0.3, -0.25) is 9.79 Å². The molecule has 1 aromatic rings. The number of carbonyl (C=O) groups is 1. The van der Waals surface area contributed by atoms with E-state index in [1.807, 2.05) is 50.2 Å². The molecule has 2 spiro atoms. The highest BCUT2D eigenvalue weighted by Gasteiger charge is 2.71. The quantitative estimate of drug-likeness (QED) is 0.224. The molecular formula is C37H54N4O3S4. The van der Waals surface area contributed by atoms with Gasteiger partial charge in [0.15, 0.2) is 11.7 Å². The molecule has 0 amide bonds. The Labute approximate surface area is 302 Å². The first-order valence-electron chi connectivity index (χ1n) is 18.1. The van der Waals surface area contributed by atoms with Gasteiger partial charge in [-0.15, -0.1) is 0 Å². The van der Waals surface area contributed by atoms with Crippen LogP contribution in [0.3, 0.4) is 0 Å². The molecule has 7 rings (SSSR count). The van der Waals surface area contributed by atoms with Crippen LogP contribution in [-0.2, 0) is 17.8 Å². The van der Waals surface area contributed by atoms with Crippen LogP contribution >= 0.6 is 43.2 Å². The molecule has 6 bridgehead atoms. The Balaban J connectivity index is 1.29. The van der Waals surface area contributed by atoms with Crippen LogP contribution in [0.25, 0.3) is 0 Å². The van der Waals surface area contributed by atoms with E-state index < -0.39 is 0 Å². The number of nitrogens with one attached hydrogen (secondary N) is 2. The number of guanidine groups is 1. The first kappa shape index (κ1) is 35.6. The van der Waals surface area contributed by atoms with Gasteiger partial charge in [0, 0.05) is 67.1 Å². The summed E-state index contributed by atoms with van der Waals surface area (Å²) in [5, 5.41) is 28.2. The molecule has 1 aromatic carbocycles. The van der Waals surface area contributed by atoms with Gasteiger partial charge in [0.25, 0.3) is 0 Å². The third kappa shape index (κ3) is 6.11. The second kappa shape index (κ2) is 14.7. The number of nitrogens with zero attached hydrogens (tertiary/aromatic N) is 1. The lowest BCUT2D eigenvalue weighted by Gasteiger charge is -2.58. The Kier molecular flexibility index (Phi) is 10.9. The third-order valence-electron chi connectivity index (χ3n) is 13.5. The van der Waals surface area contributed by atoms with Crippen LogP contribution in [0.15, 0.2) is 40.4 Å². The first-order chi connectivity index (χ1) is 23.3. The molecule has 6 aliphatic rings. The second-order valence-corrected chi connectivity index (χ2v) is 20.8. The average Bonchev–Trinajstić information content (AvgIpc) is 3.40. The van der Waals surface area contributed by atoms with Crippen LogP contribution in [0, 0.1) is 46.3 Å². The maximum Gasteiger partial charge on any atom is 0.189 e. The topological polar surface area (TPSA) is 120 Å². The molecule has 0 saturated heterocycles. The summed E-state index contributed by atoms with van der Waals surface area (Å²) >= 11 is 0. The van der Waals surface area contributed by atoms with Gasteiger partial charge in [-0.2, -0.15) is 0 Å². The maximum atomic E-state index is 14.6. The lowest BCUT2D eigenvalue weighted by atomic mass is 9.46. The van der Waals surface area contributed by atoms with Crippen molar-refractivity contribution in [3.05, 3.63) is 46.5 Å². The highest BCUT2D eigenvalue weighted by molar-refractivity contribution is 8.77. The Hall–Kier alpha value is -0.820. The molecule has 2 saturated carbocycles. The number of rotatable bonds is 7. The Morgan fingerprint density at radius 2 is 1.94 bits per heavy atom. The van der Waals surface area contributed by atoms with Gasteiger partial charge in [-0.05, 0) is 104 Å². The fourth-order valence-electron chi connectivity index (χ4n) is 11.3. The van der Waals surface area contributed by atoms with Crippen molar-refractivity contribution >= 4 is 54.9 Å². The predicted octanol–water partition coefficient (Wildman–Crippen LogP) is 5.71. The molecule has 2 fully saturated rings. The van der Waals surface area contributed by atoms with Crippen LogP contribution < -0.4 is 16.4 Å². The Bertz CT molecular complexity index is 1430. The molecular weight excluding hydrogens is 677 g/mol. The van der Waals surface area contributed by atoms with Crippen LogP contribution in [0.5, 0.6) is 0 Å². The molecule has 9 atom stereocenters. The van der Waals surface area contributed by atoms with E-state index in [2.05, 4.69) is 41.8 Å². The second-order valence-electron chi connectivity index (χ2n) is 15.7. The Morgan fingerprint density at radius 3 is 2.75 bits per heavy atom. The van der Waals surface area contributed by atoms with Gasteiger partial charge in [0.2, 0.25) is 0 Å². The van der Waals surface area contributed by atoms with Gasteiger partial charge in [0.1, 0.15) is 0 Å². The van der Waals surface area contributed by atoms with Gasteiger partial charge in [0.05, 0.1) is 5.54 Å². The van der Waals surface area contributed by atoms with E-state index >= 15 is 0 Å². The minimum Gasteiger partial charge on any atom is -0.396 e. The summed E-state index contributed by atoms with van der Waals surface area (Å²) in [5.74, 6) is 6.53. The standard InChI is InChI=1S/C37H54N4O3S4/c1-35-9-11-45-48-22-36(29(18-40-34(38)41-36)13-23-4-3-5-24(12-23)17-39-2)8-6-25-20-46-47-21-26(7-10-42)33-27(19-43)14-28(35)15-30-32(25)31(44)16-37(30,33)35/h3-5,12,25-29,33,39,42-43H,6-11,13-22H2,1-2H3,(H3,38,40,41). The summed E-state index contributed by atoms with van der Waals surface area (Å²) in [6.07, 6.45) is 7.32. The third-order valence-corrected chi connectivity index (χ3v) is 18.6. The van der Waals surface area contributed by atoms with Crippen molar-refractivity contribution in [1.29, 1.82) is 0 Å². The van der Waals surface area contributed by atoms with Crippen molar-refractivity contribution in [2.75, 3.05) is 49.8 Å². The van der Waals surface area contributed by atoms with Crippen molar-refractivity contribution in [1.82, 2.24) is 10.6 Å². The van der Waals surface area contributed by atoms with Crippen LogP contribution in [0.4, 0.5) is 0 Å². The van der Waals surface area contributed by atoms with E-state index in [9.17, 15) is 15.0 Å². The van der Waals surface area contributed by atoms with Crippen molar-refractivity contribution in [2.45, 2.75) is 70.4 Å². The van der Waals surface area contributed by atoms with Crippen LogP contribution in [0.1, 0.15) is 63.0 Å². The molecule has 264 valence electrons. The molecule has 6 N–H and O–H groups in total. The van der Waals surface area contributed by atoms with Gasteiger partial charge in [-0.25, -0.2) is 0 Å². The fraction of sp³-hybridized carbons (Fsp3) is 0.730. The van der Waals surface area contributed by atoms with Crippen LogP contribution in [0.2, 0.25) is 0 Å². The number of carbonyl (C=O) groups excluding carboxylic acids is 1. The molecule has 48 heavy (non-hydrogen) atoms. The average molecular weight is 731 g/mol. The lowest BCUT2D eigenvalue weighted by Crippen LogP contribution is -2.62. The van der Waals surface area contributed by atoms with Gasteiger partial charge in [-0.1, -0.05) is 79.9 Å². The smallest absolute Gasteiger partial charge is 0.189 e. The van der Waals surface area contributed by atoms with Crippen molar-refractivity contribution in [3.8, 4) is 0 Å². The highest BCUT2D eigenvalue weighted by atomic mass is 33.1. The normalized spacial score (nSPS) is 39.9. The molecule has 9 unspecified atom stereocenters. The number of ketones is 1. The predicted molar refractivity (Wildman–Crippen MR) is 205 cm³/mol. The number of aliphatic hydroxyl groups excluding tert-OH is 2. The summed E-state index contributed by atoms with van der Waals surface area (Å²) in [7, 11) is 9.85.